The Morgan fingerprint density at radius 3 is 2.50 bits per heavy atom. The Hall–Kier alpha value is -3.34. The van der Waals surface area contributed by atoms with Crippen LogP contribution in [0.4, 0.5) is 5.69 Å². The summed E-state index contributed by atoms with van der Waals surface area (Å²) in [4.78, 5) is 11.0. The standard InChI is InChI=1S/C19H13NO4/c1-23-17-11-10-13(12-6-2-4-8-15(12)20(21)22)19-18(17)14-7-3-5-9-16(14)24-19/h2-11H,1H3. The van der Waals surface area contributed by atoms with E-state index in [9.17, 15) is 10.1 Å². The Kier molecular flexibility index (Phi) is 3.20. The number of nitro groups is 1. The minimum absolute atomic E-state index is 0.0458. The number of para-hydroxylation sites is 2. The molecule has 0 saturated heterocycles. The van der Waals surface area contributed by atoms with Crippen LogP contribution in [-0.4, -0.2) is 12.0 Å². The number of methoxy groups -OCH3 is 1. The van der Waals surface area contributed by atoms with Gasteiger partial charge < -0.3 is 9.15 Å². The Morgan fingerprint density at radius 1 is 0.958 bits per heavy atom. The SMILES string of the molecule is COc1ccc(-c2ccccc2[N+](=O)[O-])c2oc3ccccc3c12. The third-order valence-electron chi connectivity index (χ3n) is 4.10. The van der Waals surface area contributed by atoms with Crippen LogP contribution >= 0.6 is 0 Å². The molecule has 1 aromatic heterocycles. The summed E-state index contributed by atoms with van der Waals surface area (Å²) in [6.07, 6.45) is 0. The van der Waals surface area contributed by atoms with E-state index in [2.05, 4.69) is 0 Å². The van der Waals surface area contributed by atoms with Crippen molar-refractivity contribution in [1.29, 1.82) is 0 Å². The van der Waals surface area contributed by atoms with E-state index < -0.39 is 0 Å². The third kappa shape index (κ3) is 2.02. The Balaban J connectivity index is 2.14. The first-order valence-corrected chi connectivity index (χ1v) is 7.42. The molecule has 5 nitrogen and oxygen atoms in total. The molecule has 0 radical (unpaired) electrons. The summed E-state index contributed by atoms with van der Waals surface area (Å²) in [5, 5.41) is 13.1. The molecular weight excluding hydrogens is 306 g/mol. The normalized spacial score (nSPS) is 11.0. The van der Waals surface area contributed by atoms with Crippen molar-refractivity contribution in [2.45, 2.75) is 0 Å². The van der Waals surface area contributed by atoms with E-state index in [1.165, 1.54) is 6.07 Å². The zero-order valence-electron chi connectivity index (χ0n) is 12.9. The van der Waals surface area contributed by atoms with E-state index in [1.54, 1.807) is 31.4 Å². The third-order valence-corrected chi connectivity index (χ3v) is 4.10. The summed E-state index contributed by atoms with van der Waals surface area (Å²) >= 11 is 0. The lowest BCUT2D eigenvalue weighted by Crippen LogP contribution is -1.92. The molecule has 0 bridgehead atoms. The molecule has 1 heterocycles. The zero-order chi connectivity index (χ0) is 16.7. The molecule has 0 N–H and O–H groups in total. The lowest BCUT2D eigenvalue weighted by molar-refractivity contribution is -0.384. The fourth-order valence-corrected chi connectivity index (χ4v) is 3.04. The predicted octanol–water partition coefficient (Wildman–Crippen LogP) is 5.17. The van der Waals surface area contributed by atoms with Crippen LogP contribution in [0.15, 0.2) is 65.1 Å². The fourth-order valence-electron chi connectivity index (χ4n) is 3.04. The van der Waals surface area contributed by atoms with Gasteiger partial charge in [0, 0.05) is 17.0 Å². The minimum Gasteiger partial charge on any atom is -0.496 e. The largest absolute Gasteiger partial charge is 0.496 e. The van der Waals surface area contributed by atoms with Gasteiger partial charge in [0.15, 0.2) is 0 Å². The van der Waals surface area contributed by atoms with E-state index >= 15 is 0 Å². The molecular formula is C19H13NO4. The van der Waals surface area contributed by atoms with Crippen LogP contribution < -0.4 is 4.74 Å². The Labute approximate surface area is 137 Å². The number of fused-ring (bicyclic) bond motifs is 3. The highest BCUT2D eigenvalue weighted by atomic mass is 16.6. The van der Waals surface area contributed by atoms with Gasteiger partial charge in [0.05, 0.1) is 23.0 Å². The number of nitrogens with zero attached hydrogens (tertiary/aromatic N) is 1. The first-order chi connectivity index (χ1) is 11.7. The highest BCUT2D eigenvalue weighted by molar-refractivity contribution is 6.13. The van der Waals surface area contributed by atoms with Gasteiger partial charge in [-0.05, 0) is 24.3 Å². The van der Waals surface area contributed by atoms with E-state index in [1.807, 2.05) is 30.3 Å². The molecule has 0 unspecified atom stereocenters. The van der Waals surface area contributed by atoms with Gasteiger partial charge in [-0.3, -0.25) is 10.1 Å². The van der Waals surface area contributed by atoms with Crippen molar-refractivity contribution in [2.75, 3.05) is 7.11 Å². The molecule has 118 valence electrons. The summed E-state index contributed by atoms with van der Waals surface area (Å²) in [6, 6.07) is 17.9. The number of furan rings is 1. The lowest BCUT2D eigenvalue weighted by Gasteiger charge is -2.07. The van der Waals surface area contributed by atoms with Gasteiger partial charge in [-0.15, -0.1) is 0 Å². The first-order valence-electron chi connectivity index (χ1n) is 7.42. The summed E-state index contributed by atoms with van der Waals surface area (Å²) < 4.78 is 11.5. The van der Waals surface area contributed by atoms with Crippen molar-refractivity contribution in [3.05, 3.63) is 70.8 Å². The van der Waals surface area contributed by atoms with Gasteiger partial charge >= 0.3 is 0 Å². The number of rotatable bonds is 3. The van der Waals surface area contributed by atoms with Crippen LogP contribution in [0.2, 0.25) is 0 Å². The molecule has 24 heavy (non-hydrogen) atoms. The van der Waals surface area contributed by atoms with Gasteiger partial charge in [0.1, 0.15) is 16.9 Å². The molecule has 0 fully saturated rings. The van der Waals surface area contributed by atoms with Crippen LogP contribution in [0.1, 0.15) is 0 Å². The maximum Gasteiger partial charge on any atom is 0.277 e. The average molecular weight is 319 g/mol. The number of benzene rings is 3. The van der Waals surface area contributed by atoms with Crippen molar-refractivity contribution >= 4 is 27.6 Å². The summed E-state index contributed by atoms with van der Waals surface area (Å²) in [5.74, 6) is 0.678. The molecule has 4 rings (SSSR count). The monoisotopic (exact) mass is 319 g/mol. The Morgan fingerprint density at radius 2 is 1.71 bits per heavy atom. The second-order valence-electron chi connectivity index (χ2n) is 5.39. The summed E-state index contributed by atoms with van der Waals surface area (Å²) in [5.41, 5.74) is 2.55. The topological polar surface area (TPSA) is 65.5 Å². The number of nitro benzene ring substituents is 1. The van der Waals surface area contributed by atoms with Crippen molar-refractivity contribution in [2.24, 2.45) is 0 Å². The maximum absolute atomic E-state index is 11.4. The molecule has 3 aromatic carbocycles. The quantitative estimate of drug-likeness (QED) is 0.386. The minimum atomic E-state index is -0.381. The number of hydrogen-bond acceptors (Lipinski definition) is 4. The second kappa shape index (κ2) is 5.38. The van der Waals surface area contributed by atoms with Crippen molar-refractivity contribution in [3.8, 4) is 16.9 Å². The van der Waals surface area contributed by atoms with Gasteiger partial charge in [-0.2, -0.15) is 0 Å². The fraction of sp³-hybridized carbons (Fsp3) is 0.0526. The Bertz CT molecular complexity index is 1080. The molecule has 4 aromatic rings. The van der Waals surface area contributed by atoms with Crippen LogP contribution in [0.25, 0.3) is 33.1 Å². The molecule has 0 amide bonds. The van der Waals surface area contributed by atoms with Gasteiger partial charge in [-0.25, -0.2) is 0 Å². The van der Waals surface area contributed by atoms with E-state index in [4.69, 9.17) is 9.15 Å². The van der Waals surface area contributed by atoms with Gasteiger partial charge in [0.25, 0.3) is 5.69 Å². The van der Waals surface area contributed by atoms with Gasteiger partial charge in [0.2, 0.25) is 0 Å². The van der Waals surface area contributed by atoms with Crippen molar-refractivity contribution in [1.82, 2.24) is 0 Å². The molecule has 0 saturated carbocycles. The zero-order valence-corrected chi connectivity index (χ0v) is 12.9. The van der Waals surface area contributed by atoms with Crippen LogP contribution in [-0.2, 0) is 0 Å². The lowest BCUT2D eigenvalue weighted by atomic mass is 10.00. The first kappa shape index (κ1) is 14.3. The molecule has 5 heteroatoms. The number of ether oxygens (including phenoxy) is 1. The van der Waals surface area contributed by atoms with Crippen molar-refractivity contribution in [3.63, 3.8) is 0 Å². The number of hydrogen-bond donors (Lipinski definition) is 0. The predicted molar refractivity (Wildman–Crippen MR) is 92.4 cm³/mol. The molecule has 0 aliphatic carbocycles. The summed E-state index contributed by atoms with van der Waals surface area (Å²) in [7, 11) is 1.60. The highest BCUT2D eigenvalue weighted by Crippen LogP contribution is 2.42. The molecule has 0 aliphatic rings. The van der Waals surface area contributed by atoms with Crippen LogP contribution in [0, 0.1) is 10.1 Å². The van der Waals surface area contributed by atoms with Gasteiger partial charge in [-0.1, -0.05) is 30.3 Å². The maximum atomic E-state index is 11.4. The second-order valence-corrected chi connectivity index (χ2v) is 5.39. The van der Waals surface area contributed by atoms with E-state index in [-0.39, 0.29) is 10.6 Å². The van der Waals surface area contributed by atoms with E-state index in [0.717, 1.165) is 16.4 Å². The molecule has 0 atom stereocenters. The van der Waals surface area contributed by atoms with E-state index in [0.29, 0.717) is 22.5 Å². The van der Waals surface area contributed by atoms with Crippen LogP contribution in [0.3, 0.4) is 0 Å². The van der Waals surface area contributed by atoms with Crippen molar-refractivity contribution < 1.29 is 14.1 Å². The average Bonchev–Trinajstić information content (AvgIpc) is 3.00. The highest BCUT2D eigenvalue weighted by Gasteiger charge is 2.21. The van der Waals surface area contributed by atoms with Crippen LogP contribution in [0.5, 0.6) is 5.75 Å². The smallest absolute Gasteiger partial charge is 0.277 e. The molecule has 0 spiro atoms. The summed E-state index contributed by atoms with van der Waals surface area (Å²) in [6.45, 7) is 0. The molecule has 0 aliphatic heterocycles.